The first-order chi connectivity index (χ1) is 25.6. The van der Waals surface area contributed by atoms with Crippen molar-refractivity contribution in [1.82, 2.24) is 5.06 Å². The molecule has 18 heteroatoms. The Labute approximate surface area is 307 Å². The molecule has 18 nitrogen and oxygen atoms in total. The molecule has 2 amide bonds. The van der Waals surface area contributed by atoms with Crippen LogP contribution in [0.15, 0.2) is 0 Å². The van der Waals surface area contributed by atoms with E-state index in [4.69, 9.17) is 72.8 Å². The van der Waals surface area contributed by atoms with E-state index in [1.54, 1.807) is 0 Å². The first-order valence-electron chi connectivity index (χ1n) is 17.7. The molecule has 0 unspecified atom stereocenters. The Morgan fingerprint density at radius 2 is 0.654 bits per heavy atom. The Morgan fingerprint density at radius 3 is 0.904 bits per heavy atom. The lowest BCUT2D eigenvalue weighted by atomic mass is 10.4. The normalized spacial score (nSPS) is 12.9. The minimum absolute atomic E-state index is 0.0571. The maximum absolute atomic E-state index is 11.6. The van der Waals surface area contributed by atoms with Crippen molar-refractivity contribution < 1.29 is 80.8 Å². The van der Waals surface area contributed by atoms with E-state index in [0.717, 1.165) is 0 Å². The van der Waals surface area contributed by atoms with Crippen LogP contribution < -0.4 is 0 Å². The summed E-state index contributed by atoms with van der Waals surface area (Å²) < 4.78 is 70.1. The smallest absolute Gasteiger partial charge is 0.335 e. The summed E-state index contributed by atoms with van der Waals surface area (Å²) in [6.07, 6.45) is 5.12. The summed E-state index contributed by atoms with van der Waals surface area (Å²) >= 11 is 0. The van der Waals surface area contributed by atoms with E-state index in [2.05, 4.69) is 5.92 Å². The third kappa shape index (κ3) is 32.3. The lowest BCUT2D eigenvalue weighted by Gasteiger charge is -2.12. The lowest BCUT2D eigenvalue weighted by Crippen LogP contribution is -2.32. The molecule has 52 heavy (non-hydrogen) atoms. The van der Waals surface area contributed by atoms with Gasteiger partial charge >= 0.3 is 5.97 Å². The Morgan fingerprint density at radius 1 is 0.423 bits per heavy atom. The van der Waals surface area contributed by atoms with Crippen LogP contribution in [0.5, 0.6) is 0 Å². The predicted molar refractivity (Wildman–Crippen MR) is 181 cm³/mol. The van der Waals surface area contributed by atoms with Crippen molar-refractivity contribution >= 4 is 17.8 Å². The zero-order valence-corrected chi connectivity index (χ0v) is 30.5. The fraction of sp³-hybridized carbons (Fsp3) is 0.853. The molecule has 1 rings (SSSR count). The van der Waals surface area contributed by atoms with Gasteiger partial charge in [-0.15, -0.1) is 11.5 Å². The monoisotopic (exact) mass is 753 g/mol. The molecule has 0 aromatic rings. The fourth-order valence-electron chi connectivity index (χ4n) is 3.73. The van der Waals surface area contributed by atoms with Gasteiger partial charge < -0.3 is 66.4 Å². The van der Waals surface area contributed by atoms with Gasteiger partial charge in [0.2, 0.25) is 0 Å². The number of imide groups is 1. The summed E-state index contributed by atoms with van der Waals surface area (Å²) in [5, 5.41) is 0.517. The summed E-state index contributed by atoms with van der Waals surface area (Å²) in [7, 11) is 0. The molecule has 0 saturated carbocycles. The Kier molecular flexibility index (Phi) is 35.2. The van der Waals surface area contributed by atoms with Gasteiger partial charge in [-0.1, -0.05) is 5.92 Å². The Bertz CT molecular complexity index is 875. The molecule has 0 aliphatic carbocycles. The van der Waals surface area contributed by atoms with Crippen LogP contribution in [0.25, 0.3) is 0 Å². The molecule has 1 fully saturated rings. The van der Waals surface area contributed by atoms with Crippen molar-refractivity contribution in [1.29, 1.82) is 0 Å². The van der Waals surface area contributed by atoms with Crippen LogP contribution in [0, 0.1) is 12.3 Å². The third-order valence-electron chi connectivity index (χ3n) is 6.30. The molecule has 0 atom stereocenters. The molecule has 0 bridgehead atoms. The zero-order valence-electron chi connectivity index (χ0n) is 30.5. The topological polar surface area (TPSA) is 184 Å². The molecule has 1 aliphatic heterocycles. The van der Waals surface area contributed by atoms with Crippen LogP contribution in [0.3, 0.4) is 0 Å². The predicted octanol–water partition coefficient (Wildman–Crippen LogP) is -0.167. The summed E-state index contributed by atoms with van der Waals surface area (Å²) in [5.41, 5.74) is 0. The highest BCUT2D eigenvalue weighted by atomic mass is 16.7. The highest BCUT2D eigenvalue weighted by Gasteiger charge is 2.32. The van der Waals surface area contributed by atoms with Gasteiger partial charge in [-0.05, 0) is 0 Å². The number of hydrogen-bond acceptors (Lipinski definition) is 17. The number of ether oxygens (including phenoxy) is 13. The number of hydroxylamine groups is 2. The molecular formula is C34H59NO17. The Hall–Kier alpha value is -2.35. The molecule has 0 N–H and O–H groups in total. The second-order valence-corrected chi connectivity index (χ2v) is 10.4. The first kappa shape index (κ1) is 47.7. The molecule has 0 spiro atoms. The number of amides is 2. The summed E-state index contributed by atoms with van der Waals surface area (Å²) in [6.45, 7) is 11.4. The number of terminal acetylenes is 1. The van der Waals surface area contributed by atoms with Crippen molar-refractivity contribution in [2.45, 2.75) is 19.3 Å². The van der Waals surface area contributed by atoms with Crippen molar-refractivity contribution in [2.24, 2.45) is 0 Å². The molecule has 1 saturated heterocycles. The Balaban J connectivity index is 1.63. The minimum Gasteiger partial charge on any atom is -0.378 e. The summed E-state index contributed by atoms with van der Waals surface area (Å²) in [4.78, 5) is 39.2. The van der Waals surface area contributed by atoms with Gasteiger partial charge in [0.25, 0.3) is 11.8 Å². The molecular weight excluding hydrogens is 694 g/mol. The number of nitrogens with zero attached hydrogens (tertiary/aromatic N) is 1. The fourth-order valence-corrected chi connectivity index (χ4v) is 3.73. The quantitative estimate of drug-likeness (QED) is 0.0455. The van der Waals surface area contributed by atoms with Crippen LogP contribution >= 0.6 is 0 Å². The van der Waals surface area contributed by atoms with Crippen molar-refractivity contribution in [2.75, 3.05) is 172 Å². The van der Waals surface area contributed by atoms with Crippen LogP contribution in [0.4, 0.5) is 0 Å². The van der Waals surface area contributed by atoms with Crippen molar-refractivity contribution in [3.8, 4) is 12.3 Å². The molecule has 0 aromatic heterocycles. The summed E-state index contributed by atoms with van der Waals surface area (Å²) in [5.74, 6) is 0.667. The molecule has 302 valence electrons. The largest absolute Gasteiger partial charge is 0.378 e. The van der Waals surface area contributed by atoms with E-state index in [1.807, 2.05) is 0 Å². The highest BCUT2D eigenvalue weighted by Crippen LogP contribution is 2.12. The van der Waals surface area contributed by atoms with Crippen molar-refractivity contribution in [3.63, 3.8) is 0 Å². The number of carbonyl (C=O) groups excluding carboxylic acids is 3. The standard InChI is InChI=1S/C34H59NO17/c1-2-6-39-8-10-41-12-14-43-16-18-45-20-22-47-24-26-49-28-30-51-31-29-50-27-25-48-23-21-46-19-17-44-15-13-42-11-9-40-7-5-34(38)52-35-32(36)3-4-33(35)37/h1H,3-31H2. The molecule has 0 radical (unpaired) electrons. The second-order valence-electron chi connectivity index (χ2n) is 10.4. The zero-order chi connectivity index (χ0) is 37.4. The SMILES string of the molecule is C#CCOCCOCCOCCOCCOCCOCCOCCOCCOCCOCCOCCOCCOCCC(=O)ON1C(=O)CCC1=O. The molecule has 0 aromatic carbocycles. The first-order valence-corrected chi connectivity index (χ1v) is 17.7. The van der Waals surface area contributed by atoms with Crippen molar-refractivity contribution in [3.05, 3.63) is 0 Å². The molecule has 1 aliphatic rings. The van der Waals surface area contributed by atoms with Gasteiger partial charge in [-0.2, -0.15) is 0 Å². The van der Waals surface area contributed by atoms with Gasteiger partial charge in [-0.25, -0.2) is 4.79 Å². The van der Waals surface area contributed by atoms with Gasteiger partial charge in [0, 0.05) is 12.8 Å². The van der Waals surface area contributed by atoms with Gasteiger partial charge in [0.05, 0.1) is 172 Å². The van der Waals surface area contributed by atoms with Gasteiger partial charge in [0.1, 0.15) is 6.61 Å². The van der Waals surface area contributed by atoms with Crippen LogP contribution in [-0.2, 0) is 80.8 Å². The minimum atomic E-state index is -0.701. The second kappa shape index (κ2) is 38.4. The van der Waals surface area contributed by atoms with E-state index in [9.17, 15) is 14.4 Å². The van der Waals surface area contributed by atoms with E-state index in [0.29, 0.717) is 164 Å². The van der Waals surface area contributed by atoms with Crippen LogP contribution in [0.2, 0.25) is 0 Å². The maximum Gasteiger partial charge on any atom is 0.335 e. The third-order valence-corrected chi connectivity index (χ3v) is 6.30. The average Bonchev–Trinajstić information content (AvgIpc) is 3.46. The van der Waals surface area contributed by atoms with Gasteiger partial charge in [-0.3, -0.25) is 9.59 Å². The highest BCUT2D eigenvalue weighted by molar-refractivity contribution is 6.01. The summed E-state index contributed by atoms with van der Waals surface area (Å²) in [6, 6.07) is 0. The molecule has 1 heterocycles. The van der Waals surface area contributed by atoms with Crippen LogP contribution in [0.1, 0.15) is 19.3 Å². The number of rotatable bonds is 41. The number of carbonyl (C=O) groups is 3. The lowest BCUT2D eigenvalue weighted by molar-refractivity contribution is -0.198. The van der Waals surface area contributed by atoms with E-state index in [-0.39, 0.29) is 32.5 Å². The van der Waals surface area contributed by atoms with Crippen LogP contribution in [-0.4, -0.2) is 195 Å². The van der Waals surface area contributed by atoms with E-state index >= 15 is 0 Å². The average molecular weight is 754 g/mol. The van der Waals surface area contributed by atoms with E-state index in [1.165, 1.54) is 0 Å². The maximum atomic E-state index is 11.6. The van der Waals surface area contributed by atoms with Gasteiger partial charge in [0.15, 0.2) is 0 Å². The number of hydrogen-bond donors (Lipinski definition) is 0. The van der Waals surface area contributed by atoms with E-state index < -0.39 is 17.8 Å².